The van der Waals surface area contributed by atoms with Gasteiger partial charge in [0.2, 0.25) is 0 Å². The van der Waals surface area contributed by atoms with Crippen molar-refractivity contribution in [1.82, 2.24) is 14.8 Å². The van der Waals surface area contributed by atoms with E-state index in [4.69, 9.17) is 9.15 Å². The van der Waals surface area contributed by atoms with Crippen LogP contribution in [0.3, 0.4) is 0 Å². The summed E-state index contributed by atoms with van der Waals surface area (Å²) in [5, 5.41) is 4.21. The van der Waals surface area contributed by atoms with Gasteiger partial charge >= 0.3 is 0 Å². The van der Waals surface area contributed by atoms with Crippen LogP contribution in [0.5, 0.6) is 5.75 Å². The molecule has 0 fully saturated rings. The zero-order valence-electron chi connectivity index (χ0n) is 16.2. The van der Waals surface area contributed by atoms with Gasteiger partial charge in [0.05, 0.1) is 18.0 Å². The highest BCUT2D eigenvalue weighted by Gasteiger charge is 2.22. The molecule has 2 aromatic carbocycles. The van der Waals surface area contributed by atoms with Crippen molar-refractivity contribution in [3.8, 4) is 16.9 Å². The molecule has 0 unspecified atom stereocenters. The number of pyridine rings is 1. The van der Waals surface area contributed by atoms with Crippen LogP contribution < -0.4 is 15.7 Å². The minimum Gasteiger partial charge on any atom is -0.497 e. The van der Waals surface area contributed by atoms with Gasteiger partial charge in [-0.3, -0.25) is 19.4 Å². The summed E-state index contributed by atoms with van der Waals surface area (Å²) < 4.78 is 13.3. The molecule has 29 heavy (non-hydrogen) atoms. The molecule has 0 amide bonds. The van der Waals surface area contributed by atoms with E-state index in [0.717, 1.165) is 16.5 Å². The molecule has 3 aromatic heterocycles. The maximum Gasteiger partial charge on any atom is 0.274 e. The SMILES string of the molecule is COc1cccc(-c2c3oc4cc(=O)ccc4c3[nH]c3c2c(=O)[nH]n3C(C)C)c1. The van der Waals surface area contributed by atoms with Crippen molar-refractivity contribution in [1.29, 1.82) is 0 Å². The maximum absolute atomic E-state index is 12.9. The van der Waals surface area contributed by atoms with Gasteiger partial charge in [-0.25, -0.2) is 0 Å². The molecule has 0 aliphatic rings. The molecule has 0 saturated carbocycles. The molecule has 146 valence electrons. The number of fused-ring (bicyclic) bond motifs is 4. The molecular weight excluding hydrogens is 370 g/mol. The van der Waals surface area contributed by atoms with E-state index in [-0.39, 0.29) is 17.0 Å². The Morgan fingerprint density at radius 2 is 1.93 bits per heavy atom. The van der Waals surface area contributed by atoms with Crippen LogP contribution in [0.15, 0.2) is 56.5 Å². The second kappa shape index (κ2) is 6.13. The monoisotopic (exact) mass is 389 g/mol. The average Bonchev–Trinajstić information content (AvgIpc) is 3.23. The molecule has 0 atom stereocenters. The minimum absolute atomic E-state index is 0.0402. The topological polar surface area (TPSA) is 93.0 Å². The minimum atomic E-state index is -0.213. The number of rotatable bonds is 3. The predicted octanol–water partition coefficient (Wildman–Crippen LogP) is 4.17. The van der Waals surface area contributed by atoms with Crippen molar-refractivity contribution >= 4 is 33.1 Å². The van der Waals surface area contributed by atoms with Crippen molar-refractivity contribution in [3.63, 3.8) is 0 Å². The van der Waals surface area contributed by atoms with Gasteiger partial charge in [0.1, 0.15) is 17.0 Å². The zero-order chi connectivity index (χ0) is 20.3. The summed E-state index contributed by atoms with van der Waals surface area (Å²) in [6.45, 7) is 3.99. The molecule has 7 heteroatoms. The van der Waals surface area contributed by atoms with Crippen molar-refractivity contribution in [2.75, 3.05) is 7.11 Å². The Morgan fingerprint density at radius 1 is 1.10 bits per heavy atom. The molecule has 0 spiro atoms. The van der Waals surface area contributed by atoms with Crippen molar-refractivity contribution in [2.24, 2.45) is 0 Å². The van der Waals surface area contributed by atoms with Crippen LogP contribution in [-0.4, -0.2) is 21.9 Å². The Hall–Kier alpha value is -3.74. The van der Waals surface area contributed by atoms with E-state index in [0.29, 0.717) is 33.5 Å². The number of nitrogens with zero attached hydrogens (tertiary/aromatic N) is 1. The summed E-state index contributed by atoms with van der Waals surface area (Å²) in [5.74, 6) is 0.675. The molecule has 3 heterocycles. The van der Waals surface area contributed by atoms with Gasteiger partial charge in [-0.2, -0.15) is 0 Å². The fourth-order valence-electron chi connectivity index (χ4n) is 3.85. The van der Waals surface area contributed by atoms with Crippen molar-refractivity contribution in [3.05, 3.63) is 63.0 Å². The summed E-state index contributed by atoms with van der Waals surface area (Å²) >= 11 is 0. The van der Waals surface area contributed by atoms with E-state index < -0.39 is 0 Å². The highest BCUT2D eigenvalue weighted by Crippen LogP contribution is 2.39. The first kappa shape index (κ1) is 17.4. The van der Waals surface area contributed by atoms with Crippen LogP contribution in [0, 0.1) is 0 Å². The molecule has 0 bridgehead atoms. The van der Waals surface area contributed by atoms with Gasteiger partial charge in [0.15, 0.2) is 11.0 Å². The first-order valence-electron chi connectivity index (χ1n) is 9.35. The molecule has 0 radical (unpaired) electrons. The van der Waals surface area contributed by atoms with E-state index in [9.17, 15) is 9.59 Å². The van der Waals surface area contributed by atoms with Gasteiger partial charge in [0.25, 0.3) is 5.56 Å². The second-order valence-corrected chi connectivity index (χ2v) is 7.32. The van der Waals surface area contributed by atoms with Crippen LogP contribution >= 0.6 is 0 Å². The summed E-state index contributed by atoms with van der Waals surface area (Å²) in [7, 11) is 1.60. The average molecular weight is 389 g/mol. The number of nitrogens with one attached hydrogen (secondary N) is 2. The second-order valence-electron chi connectivity index (χ2n) is 7.32. The highest BCUT2D eigenvalue weighted by atomic mass is 16.5. The number of H-pyrrole nitrogens is 2. The molecule has 5 rings (SSSR count). The predicted molar refractivity (Wildman–Crippen MR) is 113 cm³/mol. The Labute approximate surface area is 164 Å². The van der Waals surface area contributed by atoms with Gasteiger partial charge in [-0.15, -0.1) is 0 Å². The Bertz CT molecular complexity index is 1510. The van der Waals surface area contributed by atoms with Gasteiger partial charge in [-0.05, 0) is 43.7 Å². The molecule has 0 aliphatic carbocycles. The lowest BCUT2D eigenvalue weighted by Crippen LogP contribution is -2.07. The third kappa shape index (κ3) is 2.51. The fraction of sp³-hybridized carbons (Fsp3) is 0.182. The standard InChI is InChI=1S/C22H19N3O4/c1-11(2)25-21-18(22(27)24-25)17(12-5-4-6-14(9-12)28-3)20-19(23-21)15-8-7-13(26)10-16(15)29-20/h4-11,23H,1-3H3,(H,24,27). The maximum atomic E-state index is 12.9. The normalized spacial score (nSPS) is 11.9. The Kier molecular flexibility index (Phi) is 3.67. The quantitative estimate of drug-likeness (QED) is 0.484. The summed E-state index contributed by atoms with van der Waals surface area (Å²) in [5.41, 5.74) is 3.52. The number of aromatic amines is 2. The lowest BCUT2D eigenvalue weighted by molar-refractivity contribution is 0.415. The van der Waals surface area contributed by atoms with Crippen LogP contribution in [0.25, 0.3) is 44.2 Å². The summed E-state index contributed by atoms with van der Waals surface area (Å²) in [6.07, 6.45) is 0. The van der Waals surface area contributed by atoms with Crippen molar-refractivity contribution < 1.29 is 9.15 Å². The number of hydrogen-bond donors (Lipinski definition) is 2. The van der Waals surface area contributed by atoms with Gasteiger partial charge in [0, 0.05) is 23.1 Å². The van der Waals surface area contributed by atoms with Crippen LogP contribution in [0.2, 0.25) is 0 Å². The highest BCUT2D eigenvalue weighted by molar-refractivity contribution is 6.14. The van der Waals surface area contributed by atoms with E-state index >= 15 is 0 Å². The number of benzene rings is 2. The zero-order valence-corrected chi connectivity index (χ0v) is 16.2. The van der Waals surface area contributed by atoms with Crippen LogP contribution in [0.1, 0.15) is 19.9 Å². The lowest BCUT2D eigenvalue weighted by atomic mass is 10.0. The molecule has 2 N–H and O–H groups in total. The van der Waals surface area contributed by atoms with Crippen LogP contribution in [0.4, 0.5) is 0 Å². The summed E-state index contributed by atoms with van der Waals surface area (Å²) in [6, 6.07) is 12.2. The molecule has 0 aliphatic heterocycles. The molecule has 7 nitrogen and oxygen atoms in total. The molecule has 5 aromatic rings. The number of hydrogen-bond acceptors (Lipinski definition) is 4. The molecule has 0 saturated heterocycles. The Morgan fingerprint density at radius 3 is 2.69 bits per heavy atom. The van der Waals surface area contributed by atoms with Crippen LogP contribution in [-0.2, 0) is 0 Å². The van der Waals surface area contributed by atoms with E-state index in [1.54, 1.807) is 13.2 Å². The first-order chi connectivity index (χ1) is 14.0. The largest absolute Gasteiger partial charge is 0.497 e. The number of methoxy groups -OCH3 is 1. The fourth-order valence-corrected chi connectivity index (χ4v) is 3.85. The Balaban J connectivity index is 2.04. The summed E-state index contributed by atoms with van der Waals surface area (Å²) in [4.78, 5) is 28.1. The first-order valence-corrected chi connectivity index (χ1v) is 9.35. The number of furan rings is 1. The van der Waals surface area contributed by atoms with E-state index in [2.05, 4.69) is 10.1 Å². The molecular formula is C22H19N3O4. The van der Waals surface area contributed by atoms with Gasteiger partial charge in [-0.1, -0.05) is 12.1 Å². The smallest absolute Gasteiger partial charge is 0.274 e. The third-order valence-corrected chi connectivity index (χ3v) is 5.18. The van der Waals surface area contributed by atoms with Gasteiger partial charge < -0.3 is 14.1 Å². The van der Waals surface area contributed by atoms with Crippen molar-refractivity contribution in [2.45, 2.75) is 19.9 Å². The third-order valence-electron chi connectivity index (χ3n) is 5.18. The van der Waals surface area contributed by atoms with E-state index in [1.807, 2.05) is 42.8 Å². The number of aromatic nitrogens is 3. The number of ether oxygens (including phenoxy) is 1. The lowest BCUT2D eigenvalue weighted by Gasteiger charge is -2.10. The van der Waals surface area contributed by atoms with E-state index in [1.165, 1.54) is 12.1 Å².